The van der Waals surface area contributed by atoms with E-state index >= 15 is 0 Å². The number of rotatable bonds is 7. The quantitative estimate of drug-likeness (QED) is 0.749. The third-order valence-electron chi connectivity index (χ3n) is 3.63. The molecule has 0 spiro atoms. The molecule has 24 heavy (non-hydrogen) atoms. The van der Waals surface area contributed by atoms with E-state index in [1.807, 2.05) is 6.92 Å². The van der Waals surface area contributed by atoms with Crippen LogP contribution in [0.3, 0.4) is 0 Å². The van der Waals surface area contributed by atoms with Crippen LogP contribution in [0.1, 0.15) is 30.6 Å². The van der Waals surface area contributed by atoms with Crippen molar-refractivity contribution in [2.75, 3.05) is 7.11 Å². The van der Waals surface area contributed by atoms with E-state index in [0.29, 0.717) is 6.42 Å². The molecule has 0 aromatic heterocycles. The second-order valence-corrected chi connectivity index (χ2v) is 7.11. The first-order valence-corrected chi connectivity index (χ1v) is 8.70. The first-order chi connectivity index (χ1) is 11.1. The summed E-state index contributed by atoms with van der Waals surface area (Å²) in [5, 5.41) is 2.50. The van der Waals surface area contributed by atoms with Crippen LogP contribution in [0.25, 0.3) is 0 Å². The SMILES string of the molecule is CC[C@@H](C)[C@H](NC(=O)c1ccc(S(=O)(=O)C(F)F)cc1)C(=O)OC. The topological polar surface area (TPSA) is 89.5 Å². The van der Waals surface area contributed by atoms with Crippen molar-refractivity contribution >= 4 is 21.7 Å². The summed E-state index contributed by atoms with van der Waals surface area (Å²) >= 11 is 0. The Hall–Kier alpha value is -2.03. The summed E-state index contributed by atoms with van der Waals surface area (Å²) in [7, 11) is -3.51. The minimum absolute atomic E-state index is 0.0421. The van der Waals surface area contributed by atoms with Gasteiger partial charge in [-0.25, -0.2) is 13.2 Å². The molecule has 0 radical (unpaired) electrons. The van der Waals surface area contributed by atoms with Gasteiger partial charge in [-0.2, -0.15) is 8.78 Å². The molecule has 134 valence electrons. The van der Waals surface area contributed by atoms with Crippen molar-refractivity contribution in [1.29, 1.82) is 0 Å². The van der Waals surface area contributed by atoms with Crippen molar-refractivity contribution in [2.24, 2.45) is 5.92 Å². The molecule has 6 nitrogen and oxygen atoms in total. The highest BCUT2D eigenvalue weighted by atomic mass is 32.2. The Bertz CT molecular complexity index is 688. The van der Waals surface area contributed by atoms with E-state index in [0.717, 1.165) is 24.3 Å². The fourth-order valence-electron chi connectivity index (χ4n) is 1.92. The second-order valence-electron chi connectivity index (χ2n) is 5.19. The first-order valence-electron chi connectivity index (χ1n) is 7.15. The van der Waals surface area contributed by atoms with E-state index in [1.54, 1.807) is 6.92 Å². The lowest BCUT2D eigenvalue weighted by Crippen LogP contribution is -2.45. The Kier molecular flexibility index (Phi) is 6.82. The summed E-state index contributed by atoms with van der Waals surface area (Å²) in [6.07, 6.45) is 0.617. The lowest BCUT2D eigenvalue weighted by atomic mass is 9.99. The van der Waals surface area contributed by atoms with Crippen molar-refractivity contribution in [2.45, 2.75) is 37.0 Å². The molecule has 0 saturated heterocycles. The van der Waals surface area contributed by atoms with E-state index < -0.39 is 38.4 Å². The maximum Gasteiger partial charge on any atom is 0.341 e. The highest BCUT2D eigenvalue weighted by Gasteiger charge is 2.28. The minimum atomic E-state index is -4.72. The summed E-state index contributed by atoms with van der Waals surface area (Å²) in [6.45, 7) is 3.61. The number of carbonyl (C=O) groups excluding carboxylic acids is 2. The predicted octanol–water partition coefficient (Wildman–Crippen LogP) is 2.00. The normalized spacial score (nSPS) is 14.1. The van der Waals surface area contributed by atoms with Gasteiger partial charge < -0.3 is 10.1 Å². The van der Waals surface area contributed by atoms with E-state index in [4.69, 9.17) is 0 Å². The van der Waals surface area contributed by atoms with E-state index in [1.165, 1.54) is 7.11 Å². The van der Waals surface area contributed by atoms with Gasteiger partial charge in [0.05, 0.1) is 12.0 Å². The number of esters is 1. The van der Waals surface area contributed by atoms with Gasteiger partial charge in [-0.1, -0.05) is 20.3 Å². The molecule has 1 aromatic rings. The van der Waals surface area contributed by atoms with Gasteiger partial charge in [0.1, 0.15) is 6.04 Å². The number of hydrogen-bond donors (Lipinski definition) is 1. The predicted molar refractivity (Wildman–Crippen MR) is 82.4 cm³/mol. The number of carbonyl (C=O) groups is 2. The molecule has 9 heteroatoms. The van der Waals surface area contributed by atoms with Gasteiger partial charge in [0.25, 0.3) is 5.91 Å². The first kappa shape index (κ1) is 20.0. The zero-order valence-electron chi connectivity index (χ0n) is 13.5. The van der Waals surface area contributed by atoms with Gasteiger partial charge in [0.15, 0.2) is 0 Å². The molecule has 1 rings (SSSR count). The molecule has 2 atom stereocenters. The highest BCUT2D eigenvalue weighted by Crippen LogP contribution is 2.19. The zero-order valence-corrected chi connectivity index (χ0v) is 14.3. The standard InChI is InChI=1S/C15H19F2NO5S/c1-4-9(2)12(14(20)23-3)18-13(19)10-5-7-11(8-6-10)24(21,22)15(16)17/h5-9,12,15H,4H2,1-3H3,(H,18,19)/t9-,12+/m1/s1. The maximum atomic E-state index is 12.5. The van der Waals surface area contributed by atoms with Crippen LogP contribution in [0, 0.1) is 5.92 Å². The second kappa shape index (κ2) is 8.18. The van der Waals surface area contributed by atoms with Crippen molar-refractivity contribution < 1.29 is 31.5 Å². The number of methoxy groups -OCH3 is 1. The van der Waals surface area contributed by atoms with Crippen LogP contribution in [0.2, 0.25) is 0 Å². The molecule has 0 fully saturated rings. The van der Waals surface area contributed by atoms with Crippen molar-refractivity contribution in [1.82, 2.24) is 5.32 Å². The summed E-state index contributed by atoms with van der Waals surface area (Å²) in [5.41, 5.74) is 0.0421. The van der Waals surface area contributed by atoms with Gasteiger partial charge in [-0.3, -0.25) is 4.79 Å². The van der Waals surface area contributed by atoms with Crippen LogP contribution >= 0.6 is 0 Å². The van der Waals surface area contributed by atoms with Crippen LogP contribution < -0.4 is 5.32 Å². The molecular formula is C15H19F2NO5S. The molecule has 1 amide bonds. The number of nitrogens with one attached hydrogen (secondary N) is 1. The molecule has 0 aliphatic carbocycles. The van der Waals surface area contributed by atoms with Gasteiger partial charge >= 0.3 is 11.7 Å². The summed E-state index contributed by atoms with van der Waals surface area (Å²) in [5.74, 6) is -4.95. The number of hydrogen-bond acceptors (Lipinski definition) is 5. The average molecular weight is 363 g/mol. The van der Waals surface area contributed by atoms with Crippen LogP contribution in [-0.4, -0.2) is 39.2 Å². The van der Waals surface area contributed by atoms with Crippen LogP contribution in [-0.2, 0) is 19.4 Å². The lowest BCUT2D eigenvalue weighted by molar-refractivity contribution is -0.144. The molecule has 1 aromatic carbocycles. The van der Waals surface area contributed by atoms with Crippen molar-refractivity contribution in [3.63, 3.8) is 0 Å². The van der Waals surface area contributed by atoms with Gasteiger partial charge in [-0.15, -0.1) is 0 Å². The largest absolute Gasteiger partial charge is 0.467 e. The molecule has 0 aliphatic heterocycles. The highest BCUT2D eigenvalue weighted by molar-refractivity contribution is 7.91. The third-order valence-corrected chi connectivity index (χ3v) is 5.03. The minimum Gasteiger partial charge on any atom is -0.467 e. The number of amides is 1. The Balaban J connectivity index is 2.98. The molecule has 0 aliphatic rings. The Morgan fingerprint density at radius 3 is 2.17 bits per heavy atom. The Morgan fingerprint density at radius 2 is 1.75 bits per heavy atom. The van der Waals surface area contributed by atoms with Gasteiger partial charge in [-0.05, 0) is 30.2 Å². The Labute approximate surface area is 139 Å². The molecule has 1 N–H and O–H groups in total. The average Bonchev–Trinajstić information content (AvgIpc) is 2.57. The van der Waals surface area contributed by atoms with Crippen molar-refractivity contribution in [3.8, 4) is 0 Å². The molecule has 0 heterocycles. The number of benzene rings is 1. The van der Waals surface area contributed by atoms with Crippen LogP contribution in [0.5, 0.6) is 0 Å². The van der Waals surface area contributed by atoms with E-state index in [-0.39, 0.29) is 11.5 Å². The molecule has 0 saturated carbocycles. The summed E-state index contributed by atoms with van der Waals surface area (Å²) in [6, 6.07) is 3.20. The molecule has 0 unspecified atom stereocenters. The smallest absolute Gasteiger partial charge is 0.341 e. The van der Waals surface area contributed by atoms with Crippen LogP contribution in [0.4, 0.5) is 8.78 Å². The zero-order chi connectivity index (χ0) is 18.5. The number of alkyl halides is 2. The fraction of sp³-hybridized carbons (Fsp3) is 0.467. The van der Waals surface area contributed by atoms with Gasteiger partial charge in [0, 0.05) is 5.56 Å². The van der Waals surface area contributed by atoms with Crippen LogP contribution in [0.15, 0.2) is 29.2 Å². The molecule has 0 bridgehead atoms. The van der Waals surface area contributed by atoms with Gasteiger partial charge in [0.2, 0.25) is 9.84 Å². The number of sulfone groups is 1. The maximum absolute atomic E-state index is 12.5. The van der Waals surface area contributed by atoms with E-state index in [2.05, 4.69) is 10.1 Å². The summed E-state index contributed by atoms with van der Waals surface area (Å²) < 4.78 is 52.2. The number of halogens is 2. The fourth-order valence-corrected chi connectivity index (χ4v) is 2.64. The number of ether oxygens (including phenoxy) is 1. The van der Waals surface area contributed by atoms with E-state index in [9.17, 15) is 26.8 Å². The Morgan fingerprint density at radius 1 is 1.21 bits per heavy atom. The molecular weight excluding hydrogens is 344 g/mol. The third kappa shape index (κ3) is 4.50. The summed E-state index contributed by atoms with van der Waals surface area (Å²) in [4.78, 5) is 23.3. The lowest BCUT2D eigenvalue weighted by Gasteiger charge is -2.21. The van der Waals surface area contributed by atoms with Crippen molar-refractivity contribution in [3.05, 3.63) is 29.8 Å². The monoisotopic (exact) mass is 363 g/mol.